The Hall–Kier alpha value is -6.74. The SMILES string of the molecule is COC(=O)C[C@H](C(=O)NN(Cc1c(F)cc(-c2ccn(C(F)F)n2)cc1F)C[C@H](OP(=O)(O)O)[C@@H](CC(=O)[C@@H](NC(=O)OC)C(C)(C)C(F)(F)F)Cc1ccc(C#Cc2cnc(N3CC4CCC(C3)N4C3COC3)nc2)cc1)C(C)(C)C(F)(F)F. The lowest BCUT2D eigenvalue weighted by Crippen LogP contribution is -2.62. The highest BCUT2D eigenvalue weighted by molar-refractivity contribution is 7.46. The maximum Gasteiger partial charge on any atom is 0.469 e. The first kappa shape index (κ1) is 65.8. The fourth-order valence-corrected chi connectivity index (χ4v) is 11.0. The first-order chi connectivity index (χ1) is 39.7. The van der Waals surface area contributed by atoms with Gasteiger partial charge in [-0.2, -0.15) is 40.2 Å². The zero-order valence-corrected chi connectivity index (χ0v) is 47.5. The molecule has 0 radical (unpaired) electrons. The summed E-state index contributed by atoms with van der Waals surface area (Å²) in [6.45, 7) is -0.602. The van der Waals surface area contributed by atoms with Gasteiger partial charge in [0.25, 0.3) is 0 Å². The van der Waals surface area contributed by atoms with Crippen molar-refractivity contribution in [2.24, 2.45) is 22.7 Å². The monoisotopic (exact) mass is 1230 g/mol. The van der Waals surface area contributed by atoms with E-state index < -0.39 is 140 Å². The number of Topliss-reactive ketones (excluding diaryl/α,β-unsaturated/α-hetero) is 1. The van der Waals surface area contributed by atoms with E-state index in [0.29, 0.717) is 93.3 Å². The molecule has 85 heavy (non-hydrogen) atoms. The van der Waals surface area contributed by atoms with E-state index in [2.05, 4.69) is 46.2 Å². The molecule has 4 N–H and O–H groups in total. The smallest absolute Gasteiger partial charge is 0.469 e. The number of nitrogens with zero attached hydrogens (tertiary/aromatic N) is 7. The van der Waals surface area contributed by atoms with Gasteiger partial charge in [-0.1, -0.05) is 37.8 Å². The van der Waals surface area contributed by atoms with E-state index in [4.69, 9.17) is 9.26 Å². The van der Waals surface area contributed by atoms with Gasteiger partial charge in [0.2, 0.25) is 11.9 Å². The number of methoxy groups -OCH3 is 2. The average molecular weight is 1230 g/mol. The van der Waals surface area contributed by atoms with Crippen molar-refractivity contribution in [2.45, 2.75) is 116 Å². The van der Waals surface area contributed by atoms with Crippen LogP contribution in [-0.4, -0.2) is 153 Å². The summed E-state index contributed by atoms with van der Waals surface area (Å²) >= 11 is 0. The van der Waals surface area contributed by atoms with Crippen LogP contribution in [0.3, 0.4) is 0 Å². The Balaban J connectivity index is 1.25. The highest BCUT2D eigenvalue weighted by Gasteiger charge is 2.57. The number of carbonyl (C=O) groups is 4. The molecule has 2 bridgehead atoms. The molecule has 6 atom stereocenters. The number of nitrogens with one attached hydrogen (secondary N) is 2. The van der Waals surface area contributed by atoms with Crippen LogP contribution in [0.1, 0.15) is 82.2 Å². The maximum absolute atomic E-state index is 16.2. The number of benzene rings is 2. The Morgan fingerprint density at radius 1 is 0.835 bits per heavy atom. The third-order valence-electron chi connectivity index (χ3n) is 15.6. The van der Waals surface area contributed by atoms with Crippen LogP contribution in [0.15, 0.2) is 61.1 Å². The van der Waals surface area contributed by atoms with Crippen LogP contribution < -0.4 is 15.6 Å². The number of ketones is 1. The van der Waals surface area contributed by atoms with E-state index >= 15 is 8.78 Å². The topological polar surface area (TPSA) is 240 Å². The van der Waals surface area contributed by atoms with Crippen molar-refractivity contribution in [3.63, 3.8) is 0 Å². The number of aromatic nitrogens is 4. The highest BCUT2D eigenvalue weighted by atomic mass is 31.2. The number of hydrogen-bond donors (Lipinski definition) is 4. The molecule has 464 valence electrons. The molecule has 20 nitrogen and oxygen atoms in total. The first-order valence-electron chi connectivity index (χ1n) is 26.4. The Morgan fingerprint density at radius 2 is 1.42 bits per heavy atom. The molecule has 3 fully saturated rings. The van der Waals surface area contributed by atoms with Crippen LogP contribution in [0.5, 0.6) is 0 Å². The van der Waals surface area contributed by atoms with Crippen molar-refractivity contribution < 1.29 is 96.2 Å². The number of ether oxygens (including phenoxy) is 3. The van der Waals surface area contributed by atoms with E-state index in [1.54, 1.807) is 12.4 Å². The van der Waals surface area contributed by atoms with Crippen molar-refractivity contribution in [3.8, 4) is 23.1 Å². The quantitative estimate of drug-likeness (QED) is 0.0183. The Bertz CT molecular complexity index is 3110. The number of halogens is 10. The van der Waals surface area contributed by atoms with Gasteiger partial charge >= 0.3 is 38.8 Å². The van der Waals surface area contributed by atoms with E-state index in [-0.39, 0.29) is 15.9 Å². The third-order valence-corrected chi connectivity index (χ3v) is 16.1. The zero-order valence-electron chi connectivity index (χ0n) is 46.6. The van der Waals surface area contributed by atoms with Crippen molar-refractivity contribution in [1.82, 2.24) is 40.4 Å². The lowest BCUT2D eigenvalue weighted by Gasteiger charge is -2.47. The predicted molar refractivity (Wildman–Crippen MR) is 280 cm³/mol. The number of anilines is 1. The second kappa shape index (κ2) is 26.5. The number of hydrazine groups is 1. The van der Waals surface area contributed by atoms with Crippen LogP contribution in [0.4, 0.5) is 54.6 Å². The summed E-state index contributed by atoms with van der Waals surface area (Å²) in [4.78, 5) is 88.4. The second-order valence-corrected chi connectivity index (χ2v) is 23.2. The molecule has 3 aliphatic rings. The number of phosphoric ester groups is 1. The number of fused-ring (bicyclic) bond motifs is 2. The summed E-state index contributed by atoms with van der Waals surface area (Å²) in [6, 6.07) is 6.57. The fraction of sp³-hybridized carbons (Fsp3) is 0.537. The molecule has 2 unspecified atom stereocenters. The molecule has 4 aromatic rings. The Morgan fingerprint density at radius 3 is 1.93 bits per heavy atom. The first-order valence-corrected chi connectivity index (χ1v) is 27.9. The van der Waals surface area contributed by atoms with E-state index in [1.165, 1.54) is 24.3 Å². The normalized spacial score (nSPS) is 18.5. The number of amides is 2. The summed E-state index contributed by atoms with van der Waals surface area (Å²) in [5.74, 6) is -5.29. The van der Waals surface area contributed by atoms with Gasteiger partial charge in [-0.15, -0.1) is 0 Å². The standard InChI is InChI=1S/C54H62F10N9O11P/c1-51(2,53(59,60)61)39(21-45(75)81-5)47(76)69-71(26-38-40(55)18-33(19-41(38)56)42-15-16-72(68-42)48(57)58)27-44(84-85(78,79)80)34(20-43(74)46(67-50(77)82-6)52(3,4)54(62,63)64)17-31-10-7-30(8-11-31)9-12-32-22-65-49(66-23-32)70-24-35-13-14-36(25-70)73(35)37-28-83-29-37/h7-8,10-11,15-16,18-19,22-23,34-37,39,44,46,48H,13-14,17,20-21,24-29H2,1-6H3,(H,67,77)(H,69,76)(H2,78,79,80)/t34-,35?,36?,39-,44+,46-/m1/s1. The molecule has 0 aliphatic carbocycles. The number of phosphoric acid groups is 1. The zero-order chi connectivity index (χ0) is 62.6. The summed E-state index contributed by atoms with van der Waals surface area (Å²) in [7, 11) is -4.32. The average Bonchev–Trinajstić information content (AvgIpc) is 4.19. The predicted octanol–water partition coefficient (Wildman–Crippen LogP) is 7.68. The second-order valence-electron chi connectivity index (χ2n) is 22.0. The number of piperazine rings is 1. The Kier molecular flexibility index (Phi) is 20.5. The minimum Gasteiger partial charge on any atom is -0.469 e. The summed E-state index contributed by atoms with van der Waals surface area (Å²) in [5.41, 5.74) is -5.02. The lowest BCUT2D eigenvalue weighted by molar-refractivity contribution is -0.231. The molecular weight excluding hydrogens is 1170 g/mol. The van der Waals surface area contributed by atoms with Gasteiger partial charge in [0.15, 0.2) is 5.78 Å². The van der Waals surface area contributed by atoms with Crippen molar-refractivity contribution >= 4 is 37.5 Å². The molecule has 0 saturated carbocycles. The molecule has 2 aromatic heterocycles. The lowest BCUT2D eigenvalue weighted by atomic mass is 9.75. The molecule has 5 heterocycles. The van der Waals surface area contributed by atoms with Gasteiger partial charge < -0.3 is 34.2 Å². The number of esters is 1. The molecule has 2 amide bonds. The molecule has 2 aromatic carbocycles. The summed E-state index contributed by atoms with van der Waals surface area (Å²) in [6.07, 6.45) is -11.3. The van der Waals surface area contributed by atoms with Gasteiger partial charge in [0, 0.05) is 80.0 Å². The van der Waals surface area contributed by atoms with Crippen molar-refractivity contribution in [1.29, 1.82) is 0 Å². The molecule has 31 heteroatoms. The van der Waals surface area contributed by atoms with Crippen LogP contribution >= 0.6 is 7.82 Å². The molecule has 3 saturated heterocycles. The van der Waals surface area contributed by atoms with Crippen LogP contribution in [0, 0.1) is 46.1 Å². The minimum absolute atomic E-state index is 0.167. The maximum atomic E-state index is 16.2. The van der Waals surface area contributed by atoms with Crippen LogP contribution in [0.2, 0.25) is 0 Å². The van der Waals surface area contributed by atoms with Gasteiger partial charge in [0.1, 0.15) is 17.7 Å². The van der Waals surface area contributed by atoms with E-state index in [9.17, 15) is 68.7 Å². The van der Waals surface area contributed by atoms with Gasteiger partial charge in [-0.25, -0.2) is 37.8 Å². The largest absolute Gasteiger partial charge is 0.469 e. The van der Waals surface area contributed by atoms with Gasteiger partial charge in [-0.05, 0) is 74.9 Å². The third kappa shape index (κ3) is 16.0. The molecule has 0 spiro atoms. The van der Waals surface area contributed by atoms with Crippen molar-refractivity contribution in [2.75, 3.05) is 52.0 Å². The number of alkyl carbamates (subject to hydrolysis) is 1. The minimum atomic E-state index is -5.91. The Labute approximate surface area is 481 Å². The van der Waals surface area contributed by atoms with E-state index in [1.807, 2.05) is 10.7 Å². The van der Waals surface area contributed by atoms with Crippen LogP contribution in [0.25, 0.3) is 11.3 Å². The van der Waals surface area contributed by atoms with Crippen molar-refractivity contribution in [3.05, 3.63) is 94.9 Å². The number of rotatable bonds is 23. The van der Waals surface area contributed by atoms with Gasteiger partial charge in [0.05, 0.1) is 74.0 Å². The highest BCUT2D eigenvalue weighted by Crippen LogP contribution is 2.47. The molecule has 7 rings (SSSR count). The summed E-state index contributed by atoms with van der Waals surface area (Å²) < 4.78 is 180. The van der Waals surface area contributed by atoms with E-state index in [0.717, 1.165) is 52.4 Å². The summed E-state index contributed by atoms with van der Waals surface area (Å²) in [5, 5.41) is 5.84. The molecular formula is C54H62F10N9O11P. The molecule has 3 aliphatic heterocycles. The fourth-order valence-electron chi connectivity index (χ4n) is 10.4. The van der Waals surface area contributed by atoms with Crippen LogP contribution in [-0.2, 0) is 50.6 Å². The number of hydrogen-bond acceptors (Lipinski definition) is 15. The number of alkyl halides is 8. The van der Waals surface area contributed by atoms with Gasteiger partial charge in [-0.3, -0.25) is 29.2 Å². The number of carbonyl (C=O) groups excluding carboxylic acids is 4.